The minimum atomic E-state index is -0.940. The van der Waals surface area contributed by atoms with Crippen LogP contribution in [0.1, 0.15) is 39.2 Å². The van der Waals surface area contributed by atoms with Crippen LogP contribution in [0, 0.1) is 5.92 Å². The van der Waals surface area contributed by atoms with Gasteiger partial charge < -0.3 is 14.9 Å². The number of piperidine rings is 1. The maximum Gasteiger partial charge on any atom is 0.226 e. The van der Waals surface area contributed by atoms with Gasteiger partial charge in [0.2, 0.25) is 11.8 Å². The van der Waals surface area contributed by atoms with Gasteiger partial charge in [-0.25, -0.2) is 0 Å². The molecule has 5 heteroatoms. The van der Waals surface area contributed by atoms with E-state index in [1.165, 1.54) is 0 Å². The molecular weight excluding hydrogens is 304 g/mol. The Morgan fingerprint density at radius 3 is 2.29 bits per heavy atom. The lowest BCUT2D eigenvalue weighted by Gasteiger charge is -2.36. The van der Waals surface area contributed by atoms with Gasteiger partial charge in [-0.15, -0.1) is 0 Å². The molecule has 1 aliphatic rings. The summed E-state index contributed by atoms with van der Waals surface area (Å²) in [6, 6.07) is 9.83. The van der Waals surface area contributed by atoms with Crippen molar-refractivity contribution in [2.75, 3.05) is 19.6 Å². The van der Waals surface area contributed by atoms with Crippen molar-refractivity contribution in [3.05, 3.63) is 35.9 Å². The van der Waals surface area contributed by atoms with E-state index in [9.17, 15) is 14.7 Å². The van der Waals surface area contributed by atoms with Gasteiger partial charge in [0.05, 0.1) is 5.60 Å². The Bertz CT molecular complexity index is 558. The first-order valence-electron chi connectivity index (χ1n) is 8.57. The fraction of sp³-hybridized carbons (Fsp3) is 0.579. The quantitative estimate of drug-likeness (QED) is 0.898. The summed E-state index contributed by atoms with van der Waals surface area (Å²) in [6.07, 6.45) is 1.38. The second-order valence-corrected chi connectivity index (χ2v) is 7.27. The molecule has 1 fully saturated rings. The van der Waals surface area contributed by atoms with Crippen LogP contribution in [-0.2, 0) is 16.1 Å². The molecule has 0 aromatic heterocycles. The summed E-state index contributed by atoms with van der Waals surface area (Å²) < 4.78 is 0. The van der Waals surface area contributed by atoms with Gasteiger partial charge in [0.25, 0.3) is 0 Å². The van der Waals surface area contributed by atoms with E-state index in [4.69, 9.17) is 0 Å². The van der Waals surface area contributed by atoms with Gasteiger partial charge in [0.15, 0.2) is 0 Å². The van der Waals surface area contributed by atoms with E-state index in [0.717, 1.165) is 5.56 Å². The van der Waals surface area contributed by atoms with Crippen LogP contribution in [0.3, 0.4) is 0 Å². The van der Waals surface area contributed by atoms with Gasteiger partial charge in [0.1, 0.15) is 0 Å². The molecule has 0 saturated carbocycles. The molecule has 0 aliphatic carbocycles. The molecule has 1 aliphatic heterocycles. The SMILES string of the molecule is CC(=O)N1CCC(C(=O)N(Cc2ccccc2)CC(C)(C)O)CC1. The first-order valence-corrected chi connectivity index (χ1v) is 8.57. The molecule has 0 bridgehead atoms. The zero-order chi connectivity index (χ0) is 17.7. The smallest absolute Gasteiger partial charge is 0.226 e. The minimum absolute atomic E-state index is 0.0681. The summed E-state index contributed by atoms with van der Waals surface area (Å²) in [5.74, 6) is 0.0642. The van der Waals surface area contributed by atoms with E-state index in [1.807, 2.05) is 30.3 Å². The maximum atomic E-state index is 13.0. The van der Waals surface area contributed by atoms with Crippen LogP contribution in [0.25, 0.3) is 0 Å². The zero-order valence-corrected chi connectivity index (χ0v) is 14.9. The lowest BCUT2D eigenvalue weighted by atomic mass is 9.94. The molecule has 1 N–H and O–H groups in total. The minimum Gasteiger partial charge on any atom is -0.389 e. The first kappa shape index (κ1) is 18.5. The predicted octanol–water partition coefficient (Wildman–Crippen LogP) is 2.04. The third-order valence-electron chi connectivity index (χ3n) is 4.40. The Morgan fingerprint density at radius 1 is 1.21 bits per heavy atom. The number of rotatable bonds is 5. The highest BCUT2D eigenvalue weighted by atomic mass is 16.3. The van der Waals surface area contributed by atoms with Crippen molar-refractivity contribution in [1.29, 1.82) is 0 Å². The summed E-state index contributed by atoms with van der Waals surface area (Å²) >= 11 is 0. The van der Waals surface area contributed by atoms with Crippen molar-refractivity contribution in [2.45, 2.75) is 45.8 Å². The second-order valence-electron chi connectivity index (χ2n) is 7.27. The van der Waals surface area contributed by atoms with Crippen molar-refractivity contribution in [3.8, 4) is 0 Å². The Morgan fingerprint density at radius 2 is 1.79 bits per heavy atom. The van der Waals surface area contributed by atoms with E-state index in [0.29, 0.717) is 39.0 Å². The third-order valence-corrected chi connectivity index (χ3v) is 4.40. The normalized spacial score (nSPS) is 16.1. The van der Waals surface area contributed by atoms with Crippen molar-refractivity contribution in [3.63, 3.8) is 0 Å². The molecule has 2 rings (SSSR count). The van der Waals surface area contributed by atoms with E-state index < -0.39 is 5.60 Å². The average Bonchev–Trinajstić information content (AvgIpc) is 2.53. The molecule has 132 valence electrons. The molecule has 0 spiro atoms. The molecule has 24 heavy (non-hydrogen) atoms. The molecule has 1 heterocycles. The predicted molar refractivity (Wildman–Crippen MR) is 93.1 cm³/mol. The van der Waals surface area contributed by atoms with Crippen molar-refractivity contribution in [2.24, 2.45) is 5.92 Å². The lowest BCUT2D eigenvalue weighted by Crippen LogP contribution is -2.47. The average molecular weight is 332 g/mol. The van der Waals surface area contributed by atoms with Crippen LogP contribution >= 0.6 is 0 Å². The fourth-order valence-corrected chi connectivity index (χ4v) is 3.18. The number of hydrogen-bond donors (Lipinski definition) is 1. The zero-order valence-electron chi connectivity index (χ0n) is 14.9. The summed E-state index contributed by atoms with van der Waals surface area (Å²) in [5, 5.41) is 10.2. The summed E-state index contributed by atoms with van der Waals surface area (Å²) in [5.41, 5.74) is 0.112. The van der Waals surface area contributed by atoms with Crippen LogP contribution in [0.15, 0.2) is 30.3 Å². The van der Waals surface area contributed by atoms with Crippen molar-refractivity contribution in [1.82, 2.24) is 9.80 Å². The summed E-state index contributed by atoms with van der Waals surface area (Å²) in [6.45, 7) is 7.07. The van der Waals surface area contributed by atoms with Gasteiger partial charge in [-0.1, -0.05) is 30.3 Å². The van der Waals surface area contributed by atoms with Gasteiger partial charge in [-0.05, 0) is 32.3 Å². The number of aliphatic hydroxyl groups is 1. The standard InChI is InChI=1S/C19H28N2O3/c1-15(22)20-11-9-17(10-12-20)18(23)21(14-19(2,3)24)13-16-7-5-4-6-8-16/h4-8,17,24H,9-14H2,1-3H3. The fourth-order valence-electron chi connectivity index (χ4n) is 3.18. The number of amides is 2. The molecule has 1 saturated heterocycles. The highest BCUT2D eigenvalue weighted by Gasteiger charge is 2.31. The van der Waals surface area contributed by atoms with Crippen LogP contribution in [0.4, 0.5) is 0 Å². The number of nitrogens with zero attached hydrogens (tertiary/aromatic N) is 2. The molecule has 1 aromatic rings. The largest absolute Gasteiger partial charge is 0.389 e. The van der Waals surface area contributed by atoms with E-state index in [-0.39, 0.29) is 17.7 Å². The van der Waals surface area contributed by atoms with Gasteiger partial charge in [0, 0.05) is 39.0 Å². The second kappa shape index (κ2) is 7.79. The molecule has 5 nitrogen and oxygen atoms in total. The Hall–Kier alpha value is -1.88. The topological polar surface area (TPSA) is 60.9 Å². The van der Waals surface area contributed by atoms with Crippen LogP contribution in [-0.4, -0.2) is 52.0 Å². The molecule has 1 aromatic carbocycles. The Balaban J connectivity index is 2.06. The van der Waals surface area contributed by atoms with Crippen LogP contribution in [0.5, 0.6) is 0 Å². The molecule has 0 radical (unpaired) electrons. The number of carbonyl (C=O) groups excluding carboxylic acids is 2. The van der Waals surface area contributed by atoms with E-state index in [2.05, 4.69) is 0 Å². The van der Waals surface area contributed by atoms with Crippen molar-refractivity contribution < 1.29 is 14.7 Å². The number of carbonyl (C=O) groups is 2. The monoisotopic (exact) mass is 332 g/mol. The highest BCUT2D eigenvalue weighted by Crippen LogP contribution is 2.22. The Kier molecular flexibility index (Phi) is 5.99. The molecule has 0 atom stereocenters. The summed E-state index contributed by atoms with van der Waals surface area (Å²) in [7, 11) is 0. The number of hydrogen-bond acceptors (Lipinski definition) is 3. The highest BCUT2D eigenvalue weighted by molar-refractivity contribution is 5.80. The molecule has 0 unspecified atom stereocenters. The number of benzene rings is 1. The van der Waals surface area contributed by atoms with E-state index in [1.54, 1.807) is 30.6 Å². The Labute approximate surface area is 144 Å². The van der Waals surface area contributed by atoms with Gasteiger partial charge >= 0.3 is 0 Å². The molecule has 2 amide bonds. The molecular formula is C19H28N2O3. The summed E-state index contributed by atoms with van der Waals surface area (Å²) in [4.78, 5) is 28.0. The van der Waals surface area contributed by atoms with Gasteiger partial charge in [-0.3, -0.25) is 9.59 Å². The van der Waals surface area contributed by atoms with E-state index >= 15 is 0 Å². The van der Waals surface area contributed by atoms with Crippen LogP contribution in [0.2, 0.25) is 0 Å². The lowest BCUT2D eigenvalue weighted by molar-refractivity contribution is -0.143. The third kappa shape index (κ3) is 5.34. The van der Waals surface area contributed by atoms with Crippen molar-refractivity contribution >= 4 is 11.8 Å². The maximum absolute atomic E-state index is 13.0. The van der Waals surface area contributed by atoms with Crippen LogP contribution < -0.4 is 0 Å². The first-order chi connectivity index (χ1) is 11.3. The number of likely N-dealkylation sites (tertiary alicyclic amines) is 1. The van der Waals surface area contributed by atoms with Gasteiger partial charge in [-0.2, -0.15) is 0 Å².